The van der Waals surface area contributed by atoms with Gasteiger partial charge in [-0.3, -0.25) is 4.79 Å². The lowest BCUT2D eigenvalue weighted by molar-refractivity contribution is -0.275. The van der Waals surface area contributed by atoms with E-state index >= 15 is 0 Å². The van der Waals surface area contributed by atoms with Gasteiger partial charge < -0.3 is 19.8 Å². The predicted octanol–water partition coefficient (Wildman–Crippen LogP) is 4.25. The van der Waals surface area contributed by atoms with Crippen LogP contribution in [0.5, 0.6) is 11.5 Å². The van der Waals surface area contributed by atoms with Gasteiger partial charge in [0.1, 0.15) is 10.7 Å². The van der Waals surface area contributed by atoms with Crippen LogP contribution >= 0.6 is 23.4 Å². The van der Waals surface area contributed by atoms with Crippen LogP contribution in [0.4, 0.5) is 18.9 Å². The summed E-state index contributed by atoms with van der Waals surface area (Å²) in [5.41, 5.74) is 1.40. The zero-order chi connectivity index (χ0) is 20.3. The Hall–Kier alpha value is -2.66. The first-order valence-corrected chi connectivity index (χ1v) is 8.97. The Morgan fingerprint density at radius 3 is 2.82 bits per heavy atom. The van der Waals surface area contributed by atoms with Crippen LogP contribution in [0.15, 0.2) is 35.6 Å². The number of aromatic nitrogens is 3. The number of halogens is 4. The second-order valence-electron chi connectivity index (χ2n) is 5.32. The fourth-order valence-electron chi connectivity index (χ4n) is 2.22. The van der Waals surface area contributed by atoms with Crippen molar-refractivity contribution in [1.82, 2.24) is 15.0 Å². The molecule has 28 heavy (non-hydrogen) atoms. The topological polar surface area (TPSA) is 89.1 Å². The van der Waals surface area contributed by atoms with Crippen LogP contribution < -0.4 is 14.8 Å². The van der Waals surface area contributed by atoms with Crippen LogP contribution in [-0.4, -0.2) is 40.1 Å². The fraction of sp³-hybridized carbons (Fsp3) is 0.188. The summed E-state index contributed by atoms with van der Waals surface area (Å²) in [6, 6.07) is 5.30. The number of alkyl halides is 3. The molecule has 0 atom stereocenters. The van der Waals surface area contributed by atoms with E-state index in [4.69, 9.17) is 16.3 Å². The maximum Gasteiger partial charge on any atom is 0.573 e. The highest BCUT2D eigenvalue weighted by Gasteiger charge is 2.32. The Labute approximate surface area is 165 Å². The van der Waals surface area contributed by atoms with Crippen molar-refractivity contribution < 1.29 is 27.4 Å². The monoisotopic (exact) mass is 432 g/mol. The highest BCUT2D eigenvalue weighted by atomic mass is 35.5. The number of hydrogen-bond acceptors (Lipinski definition) is 6. The number of hydrogen-bond donors (Lipinski definition) is 2. The number of methoxy groups -OCH3 is 1. The third-order valence-electron chi connectivity index (χ3n) is 3.33. The molecule has 148 valence electrons. The van der Waals surface area contributed by atoms with E-state index in [1.807, 2.05) is 0 Å². The molecular weight excluding hydrogens is 421 g/mol. The zero-order valence-corrected chi connectivity index (χ0v) is 15.7. The van der Waals surface area contributed by atoms with E-state index in [2.05, 4.69) is 25.0 Å². The summed E-state index contributed by atoms with van der Waals surface area (Å²) in [6.45, 7) is 0. The Kier molecular flexibility index (Phi) is 5.84. The number of fused-ring (bicyclic) bond motifs is 1. The Morgan fingerprint density at radius 2 is 2.11 bits per heavy atom. The van der Waals surface area contributed by atoms with Crippen molar-refractivity contribution in [1.29, 1.82) is 0 Å². The van der Waals surface area contributed by atoms with E-state index in [-0.39, 0.29) is 17.2 Å². The van der Waals surface area contributed by atoms with Crippen LogP contribution in [0.25, 0.3) is 11.0 Å². The lowest BCUT2D eigenvalue weighted by Gasteiger charge is -2.14. The number of nitrogens with one attached hydrogen (secondary N) is 2. The number of amides is 1. The van der Waals surface area contributed by atoms with Crippen molar-refractivity contribution >= 4 is 46.0 Å². The number of aromatic amines is 1. The van der Waals surface area contributed by atoms with Crippen LogP contribution in [0.2, 0.25) is 5.15 Å². The molecule has 1 aromatic carbocycles. The first kappa shape index (κ1) is 20.1. The van der Waals surface area contributed by atoms with Crippen molar-refractivity contribution in [3.8, 4) is 11.5 Å². The van der Waals surface area contributed by atoms with Gasteiger partial charge in [-0.15, -0.1) is 13.2 Å². The standard InChI is InChI=1S/C16H12ClF3N4O3S/c1-26-11-3-2-8(4-12(11)27-16(18,19)20)22-14(25)7-28-15-23-9-5-13(17)21-6-10(9)24-15/h2-6H,7H2,1H3,(H,22,25)(H,23,24). The van der Waals surface area contributed by atoms with E-state index in [1.54, 1.807) is 6.07 Å². The number of thioether (sulfide) groups is 1. The molecule has 0 radical (unpaired) electrons. The zero-order valence-electron chi connectivity index (χ0n) is 14.1. The van der Waals surface area contributed by atoms with Crippen LogP contribution in [0.3, 0.4) is 0 Å². The molecule has 0 unspecified atom stereocenters. The van der Waals surface area contributed by atoms with Gasteiger partial charge in [-0.25, -0.2) is 9.97 Å². The molecule has 0 aliphatic carbocycles. The summed E-state index contributed by atoms with van der Waals surface area (Å²) in [5.74, 6) is -1.13. The van der Waals surface area contributed by atoms with Gasteiger partial charge in [-0.1, -0.05) is 23.4 Å². The first-order chi connectivity index (χ1) is 13.2. The van der Waals surface area contributed by atoms with Crippen molar-refractivity contribution in [2.75, 3.05) is 18.2 Å². The number of rotatable bonds is 6. The minimum absolute atomic E-state index is 0.0253. The molecule has 0 bridgehead atoms. The van der Waals surface area contributed by atoms with E-state index in [0.717, 1.165) is 17.8 Å². The normalized spacial score (nSPS) is 11.5. The largest absolute Gasteiger partial charge is 0.573 e. The lowest BCUT2D eigenvalue weighted by atomic mass is 10.2. The lowest BCUT2D eigenvalue weighted by Crippen LogP contribution is -2.18. The SMILES string of the molecule is COc1ccc(NC(=O)CSc2nc3cnc(Cl)cc3[nH]2)cc1OC(F)(F)F. The Morgan fingerprint density at radius 1 is 1.32 bits per heavy atom. The van der Waals surface area contributed by atoms with Gasteiger partial charge in [-0.2, -0.15) is 0 Å². The van der Waals surface area contributed by atoms with Gasteiger partial charge in [0.15, 0.2) is 16.7 Å². The van der Waals surface area contributed by atoms with Crippen LogP contribution in [-0.2, 0) is 4.79 Å². The molecule has 0 aliphatic heterocycles. The summed E-state index contributed by atoms with van der Waals surface area (Å²) in [6.07, 6.45) is -3.39. The third-order valence-corrected chi connectivity index (χ3v) is 4.41. The summed E-state index contributed by atoms with van der Waals surface area (Å²) >= 11 is 6.92. The molecule has 0 saturated heterocycles. The van der Waals surface area contributed by atoms with Gasteiger partial charge >= 0.3 is 6.36 Å². The molecule has 7 nitrogen and oxygen atoms in total. The van der Waals surface area contributed by atoms with Gasteiger partial charge in [0.2, 0.25) is 5.91 Å². The number of nitrogens with zero attached hydrogens (tertiary/aromatic N) is 2. The third kappa shape index (κ3) is 5.20. The number of carbonyl (C=O) groups is 1. The number of benzene rings is 1. The number of imidazole rings is 1. The second kappa shape index (κ2) is 8.15. The summed E-state index contributed by atoms with van der Waals surface area (Å²) < 4.78 is 46.2. The highest BCUT2D eigenvalue weighted by molar-refractivity contribution is 7.99. The molecule has 1 amide bonds. The highest BCUT2D eigenvalue weighted by Crippen LogP contribution is 2.34. The quantitative estimate of drug-likeness (QED) is 0.447. The summed E-state index contributed by atoms with van der Waals surface area (Å²) in [7, 11) is 1.21. The number of pyridine rings is 1. The van der Waals surface area contributed by atoms with Gasteiger partial charge in [0.05, 0.1) is 24.6 Å². The molecule has 0 aliphatic rings. The maximum absolute atomic E-state index is 12.5. The van der Waals surface area contributed by atoms with Crippen molar-refractivity contribution in [2.45, 2.75) is 11.5 Å². The molecular formula is C16H12ClF3N4O3S. The van der Waals surface area contributed by atoms with Crippen LogP contribution in [0, 0.1) is 0 Å². The molecule has 3 aromatic rings. The van der Waals surface area contributed by atoms with E-state index < -0.39 is 18.0 Å². The smallest absolute Gasteiger partial charge is 0.493 e. The molecule has 2 aromatic heterocycles. The predicted molar refractivity (Wildman–Crippen MR) is 97.9 cm³/mol. The Balaban J connectivity index is 1.64. The van der Waals surface area contributed by atoms with E-state index in [0.29, 0.717) is 21.3 Å². The minimum atomic E-state index is -4.88. The van der Waals surface area contributed by atoms with Crippen LogP contribution in [0.1, 0.15) is 0 Å². The summed E-state index contributed by atoms with van der Waals surface area (Å²) in [4.78, 5) is 23.3. The molecule has 0 fully saturated rings. The maximum atomic E-state index is 12.5. The molecule has 0 spiro atoms. The molecule has 0 saturated carbocycles. The molecule has 2 heterocycles. The van der Waals surface area contributed by atoms with Crippen molar-refractivity contribution in [3.63, 3.8) is 0 Å². The molecule has 3 rings (SSSR count). The summed E-state index contributed by atoms with van der Waals surface area (Å²) in [5, 5.41) is 3.28. The van der Waals surface area contributed by atoms with Gasteiger partial charge in [0, 0.05) is 17.8 Å². The average molecular weight is 433 g/mol. The van der Waals surface area contributed by atoms with E-state index in [9.17, 15) is 18.0 Å². The number of H-pyrrole nitrogens is 1. The number of ether oxygens (including phenoxy) is 2. The fourth-order valence-corrected chi connectivity index (χ4v) is 3.07. The van der Waals surface area contributed by atoms with Gasteiger partial charge in [0.25, 0.3) is 0 Å². The number of anilines is 1. The van der Waals surface area contributed by atoms with Gasteiger partial charge in [-0.05, 0) is 12.1 Å². The van der Waals surface area contributed by atoms with Crippen molar-refractivity contribution in [3.05, 3.63) is 35.6 Å². The number of carbonyl (C=O) groups excluding carboxylic acids is 1. The molecule has 12 heteroatoms. The minimum Gasteiger partial charge on any atom is -0.493 e. The van der Waals surface area contributed by atoms with Crippen molar-refractivity contribution in [2.24, 2.45) is 0 Å². The first-order valence-electron chi connectivity index (χ1n) is 7.61. The van der Waals surface area contributed by atoms with E-state index in [1.165, 1.54) is 25.4 Å². The second-order valence-corrected chi connectivity index (χ2v) is 6.67. The molecule has 2 N–H and O–H groups in total. The average Bonchev–Trinajstić information content (AvgIpc) is 3.01. The Bertz CT molecular complexity index is 1010.